The molecule has 0 atom stereocenters. The average Bonchev–Trinajstić information content (AvgIpc) is 3.37. The van der Waals surface area contributed by atoms with E-state index < -0.39 is 0 Å². The van der Waals surface area contributed by atoms with Gasteiger partial charge >= 0.3 is 0 Å². The van der Waals surface area contributed by atoms with E-state index in [1.54, 1.807) is 0 Å². The average molecular weight is 529 g/mol. The van der Waals surface area contributed by atoms with Crippen LogP contribution in [0.1, 0.15) is 59.9 Å². The quantitative estimate of drug-likeness (QED) is 0.412. The van der Waals surface area contributed by atoms with Gasteiger partial charge in [0.2, 0.25) is 0 Å². The van der Waals surface area contributed by atoms with Crippen molar-refractivity contribution in [3.05, 3.63) is 74.8 Å². The predicted molar refractivity (Wildman–Crippen MR) is 158 cm³/mol. The van der Waals surface area contributed by atoms with Crippen LogP contribution in [0.4, 0.5) is 11.5 Å². The first-order valence-electron chi connectivity index (χ1n) is 14.2. The van der Waals surface area contributed by atoms with E-state index in [4.69, 9.17) is 4.98 Å². The number of hydrogen-bond donors (Lipinski definition) is 3. The molecule has 0 saturated carbocycles. The fraction of sp³-hybridized carbons (Fsp3) is 0.452. The second kappa shape index (κ2) is 11.6. The van der Waals surface area contributed by atoms with Crippen molar-refractivity contribution < 1.29 is 4.79 Å². The lowest BCUT2D eigenvalue weighted by molar-refractivity contribution is 0.0950. The van der Waals surface area contributed by atoms with Crippen molar-refractivity contribution >= 4 is 17.4 Å². The minimum atomic E-state index is -0.147. The Hall–Kier alpha value is -3.65. The summed E-state index contributed by atoms with van der Waals surface area (Å²) in [6.45, 7) is 13.3. The van der Waals surface area contributed by atoms with Crippen molar-refractivity contribution in [1.29, 1.82) is 0 Å². The van der Waals surface area contributed by atoms with E-state index in [2.05, 4.69) is 64.4 Å². The number of fused-ring (bicyclic) bond motifs is 1. The van der Waals surface area contributed by atoms with Crippen LogP contribution in [0.15, 0.2) is 41.3 Å². The summed E-state index contributed by atoms with van der Waals surface area (Å²) < 4.78 is 0. The van der Waals surface area contributed by atoms with Crippen LogP contribution in [0, 0.1) is 6.92 Å². The highest BCUT2D eigenvalue weighted by Crippen LogP contribution is 2.37. The predicted octanol–water partition coefficient (Wildman–Crippen LogP) is 3.81. The summed E-state index contributed by atoms with van der Waals surface area (Å²) in [6, 6.07) is 10.7. The highest BCUT2D eigenvalue weighted by Gasteiger charge is 2.27. The minimum Gasteiger partial charge on any atom is -0.369 e. The standard InChI is InChI=1S/C31H40N6O2/c1-5-6-22-15-21(4)35-31(39)27(22)19-34-30(38)26-16-24(17-28-25(26)9-12-37(28)20(2)3)23-7-8-29(33-18-23)36-13-10-32-11-14-36/h7-8,15-18,20,32H,5-6,9-14,19H2,1-4H3,(H,34,38)(H,35,39). The molecule has 0 aliphatic carbocycles. The third kappa shape index (κ3) is 5.71. The van der Waals surface area contributed by atoms with Crippen LogP contribution >= 0.6 is 0 Å². The summed E-state index contributed by atoms with van der Waals surface area (Å²) >= 11 is 0. The number of carbonyl (C=O) groups is 1. The van der Waals surface area contributed by atoms with Crippen LogP contribution < -0.4 is 26.0 Å². The van der Waals surface area contributed by atoms with Gasteiger partial charge in [0.1, 0.15) is 5.82 Å². The molecule has 0 unspecified atom stereocenters. The molecule has 4 heterocycles. The molecule has 2 aliphatic heterocycles. The van der Waals surface area contributed by atoms with Crippen LogP contribution in [-0.4, -0.2) is 54.6 Å². The highest BCUT2D eigenvalue weighted by molar-refractivity contribution is 5.99. The molecule has 5 rings (SSSR count). The largest absolute Gasteiger partial charge is 0.369 e. The van der Waals surface area contributed by atoms with Crippen LogP contribution in [0.5, 0.6) is 0 Å². The second-order valence-corrected chi connectivity index (χ2v) is 10.9. The molecule has 206 valence electrons. The number of benzene rings is 1. The Morgan fingerprint density at radius 2 is 1.90 bits per heavy atom. The van der Waals surface area contributed by atoms with Gasteiger partial charge in [-0.3, -0.25) is 9.59 Å². The number of hydrogen-bond acceptors (Lipinski definition) is 6. The molecule has 2 aliphatic rings. The SMILES string of the molecule is CCCc1cc(C)[nH]c(=O)c1CNC(=O)c1cc(-c2ccc(N3CCNCC3)nc2)cc2c1CCN2C(C)C. The molecule has 0 bridgehead atoms. The normalized spacial score (nSPS) is 15.1. The molecule has 1 fully saturated rings. The number of anilines is 2. The number of amides is 1. The van der Waals surface area contributed by atoms with Crippen LogP contribution in [0.25, 0.3) is 11.1 Å². The number of pyridine rings is 2. The summed E-state index contributed by atoms with van der Waals surface area (Å²) in [7, 11) is 0. The zero-order chi connectivity index (χ0) is 27.5. The lowest BCUT2D eigenvalue weighted by atomic mass is 9.97. The van der Waals surface area contributed by atoms with Crippen LogP contribution in [0.2, 0.25) is 0 Å². The van der Waals surface area contributed by atoms with Gasteiger partial charge in [0, 0.05) is 79.6 Å². The van der Waals surface area contributed by atoms with Gasteiger partial charge in [-0.2, -0.15) is 0 Å². The van der Waals surface area contributed by atoms with Crippen LogP contribution in [-0.2, 0) is 19.4 Å². The van der Waals surface area contributed by atoms with Crippen LogP contribution in [0.3, 0.4) is 0 Å². The summed E-state index contributed by atoms with van der Waals surface area (Å²) in [6.07, 6.45) is 4.48. The monoisotopic (exact) mass is 528 g/mol. The number of aromatic nitrogens is 2. The van der Waals surface area contributed by atoms with Crippen molar-refractivity contribution in [1.82, 2.24) is 20.6 Å². The van der Waals surface area contributed by atoms with Gasteiger partial charge < -0.3 is 25.4 Å². The Balaban J connectivity index is 1.46. The van der Waals surface area contributed by atoms with E-state index >= 15 is 0 Å². The molecular weight excluding hydrogens is 488 g/mol. The third-order valence-electron chi connectivity index (χ3n) is 7.84. The summed E-state index contributed by atoms with van der Waals surface area (Å²) in [5.74, 6) is 0.834. The van der Waals surface area contributed by atoms with Gasteiger partial charge in [0.05, 0.1) is 0 Å². The van der Waals surface area contributed by atoms with Crippen molar-refractivity contribution in [3.63, 3.8) is 0 Å². The maximum atomic E-state index is 13.7. The Bertz CT molecular complexity index is 1390. The maximum absolute atomic E-state index is 13.7. The van der Waals surface area contributed by atoms with E-state index in [1.165, 1.54) is 0 Å². The number of piperazine rings is 1. The molecule has 1 aromatic carbocycles. The maximum Gasteiger partial charge on any atom is 0.253 e. The van der Waals surface area contributed by atoms with E-state index in [0.29, 0.717) is 17.2 Å². The van der Waals surface area contributed by atoms with Gasteiger partial charge in [-0.15, -0.1) is 0 Å². The molecular formula is C31H40N6O2. The highest BCUT2D eigenvalue weighted by atomic mass is 16.1. The fourth-order valence-electron chi connectivity index (χ4n) is 5.81. The molecule has 3 N–H and O–H groups in total. The number of rotatable bonds is 8. The molecule has 8 heteroatoms. The van der Waals surface area contributed by atoms with E-state index in [1.807, 2.05) is 25.3 Å². The summed E-state index contributed by atoms with van der Waals surface area (Å²) in [5, 5.41) is 6.45. The number of carbonyl (C=O) groups excluding carboxylic acids is 1. The topological polar surface area (TPSA) is 93.4 Å². The molecule has 39 heavy (non-hydrogen) atoms. The number of H-pyrrole nitrogens is 1. The third-order valence-corrected chi connectivity index (χ3v) is 7.84. The number of nitrogens with zero attached hydrogens (tertiary/aromatic N) is 3. The first kappa shape index (κ1) is 26.9. The van der Waals surface area contributed by atoms with Gasteiger partial charge in [-0.1, -0.05) is 13.3 Å². The van der Waals surface area contributed by atoms with E-state index in [-0.39, 0.29) is 18.0 Å². The molecule has 3 aromatic rings. The van der Waals surface area contributed by atoms with Crippen molar-refractivity contribution in [2.24, 2.45) is 0 Å². The molecule has 8 nitrogen and oxygen atoms in total. The lowest BCUT2D eigenvalue weighted by Gasteiger charge is -2.28. The van der Waals surface area contributed by atoms with Gasteiger partial charge in [0.25, 0.3) is 11.5 Å². The van der Waals surface area contributed by atoms with Crippen molar-refractivity contribution in [2.75, 3.05) is 42.5 Å². The Labute approximate surface area is 230 Å². The van der Waals surface area contributed by atoms with E-state index in [9.17, 15) is 9.59 Å². The fourth-order valence-corrected chi connectivity index (χ4v) is 5.81. The van der Waals surface area contributed by atoms with Crippen molar-refractivity contribution in [3.8, 4) is 11.1 Å². The van der Waals surface area contributed by atoms with Crippen molar-refractivity contribution in [2.45, 2.75) is 59.5 Å². The Morgan fingerprint density at radius 3 is 2.59 bits per heavy atom. The second-order valence-electron chi connectivity index (χ2n) is 10.9. The van der Waals surface area contributed by atoms with E-state index in [0.717, 1.165) is 91.4 Å². The Kier molecular flexibility index (Phi) is 8.02. The minimum absolute atomic E-state index is 0.126. The molecule has 0 radical (unpaired) electrons. The first-order valence-corrected chi connectivity index (χ1v) is 14.2. The Morgan fingerprint density at radius 1 is 1.10 bits per heavy atom. The smallest absolute Gasteiger partial charge is 0.253 e. The molecule has 1 amide bonds. The number of aryl methyl sites for hydroxylation is 2. The number of nitrogens with one attached hydrogen (secondary N) is 3. The molecule has 0 spiro atoms. The van der Waals surface area contributed by atoms with Gasteiger partial charge in [0.15, 0.2) is 0 Å². The zero-order valence-corrected chi connectivity index (χ0v) is 23.6. The van der Waals surface area contributed by atoms with Gasteiger partial charge in [-0.05, 0) is 80.6 Å². The first-order chi connectivity index (χ1) is 18.9. The number of aromatic amines is 1. The van der Waals surface area contributed by atoms with Gasteiger partial charge in [-0.25, -0.2) is 4.98 Å². The molecule has 2 aromatic heterocycles. The molecule has 1 saturated heterocycles. The summed E-state index contributed by atoms with van der Waals surface area (Å²) in [4.78, 5) is 38.7. The lowest BCUT2D eigenvalue weighted by Crippen LogP contribution is -2.43. The summed E-state index contributed by atoms with van der Waals surface area (Å²) in [5.41, 5.74) is 7.18. The zero-order valence-electron chi connectivity index (χ0n) is 23.6.